The maximum Gasteiger partial charge on any atom is 0.407 e. The first-order valence-corrected chi connectivity index (χ1v) is 11.9. The number of hydrogen-bond acceptors (Lipinski definition) is 6. The molecule has 7 nitrogen and oxygen atoms in total. The highest BCUT2D eigenvalue weighted by Crippen LogP contribution is 2.38. The van der Waals surface area contributed by atoms with Crippen molar-refractivity contribution in [3.8, 4) is 0 Å². The summed E-state index contributed by atoms with van der Waals surface area (Å²) in [5.41, 5.74) is 0.499. The van der Waals surface area contributed by atoms with Crippen molar-refractivity contribution in [2.75, 3.05) is 19.8 Å². The van der Waals surface area contributed by atoms with Crippen LogP contribution in [0.15, 0.2) is 18.2 Å². The largest absolute Gasteiger partial charge is 0.444 e. The second-order valence-electron chi connectivity index (χ2n) is 7.05. The average molecular weight is 445 g/mol. The van der Waals surface area contributed by atoms with E-state index in [9.17, 15) is 9.59 Å². The van der Waals surface area contributed by atoms with Crippen LogP contribution in [0.25, 0.3) is 0 Å². The molecule has 1 aromatic carbocycles. The summed E-state index contributed by atoms with van der Waals surface area (Å²) in [5.74, 6) is -0.239. The lowest BCUT2D eigenvalue weighted by molar-refractivity contribution is -0.132. The molecule has 0 aromatic heterocycles. The van der Waals surface area contributed by atoms with Crippen molar-refractivity contribution in [1.82, 2.24) is 5.32 Å². The van der Waals surface area contributed by atoms with Crippen LogP contribution in [-0.4, -0.2) is 37.4 Å². The van der Waals surface area contributed by atoms with Crippen molar-refractivity contribution < 1.29 is 27.9 Å². The molecule has 0 aliphatic carbocycles. The molecule has 0 saturated carbocycles. The van der Waals surface area contributed by atoms with E-state index in [1.807, 2.05) is 52.8 Å². The van der Waals surface area contributed by atoms with E-state index in [0.717, 1.165) is 16.2 Å². The first kappa shape index (κ1) is 25.8. The third-order valence-corrected chi connectivity index (χ3v) is 6.34. The molecule has 0 aliphatic heterocycles. The standard InChI is InChI=1S/C20H33NO6P2/c1-7-18(22)27-28-16-11-10-15(12-13-21-19(23)26-20(4,5)6)14-17(16)29(24-8-2)25-9-3/h10-11,14,28H,7-9,12-13H2,1-6H3,(H,21,23). The molecular formula is C20H33NO6P2. The Balaban J connectivity index is 2.89. The SMILES string of the molecule is CCOP(OCC)c1cc(CCNC(=O)OC(C)(C)C)ccc1POC(=O)CC. The van der Waals surface area contributed by atoms with Gasteiger partial charge < -0.3 is 23.6 Å². The molecule has 29 heavy (non-hydrogen) atoms. The third kappa shape index (κ3) is 10.4. The van der Waals surface area contributed by atoms with E-state index in [1.165, 1.54) is 0 Å². The zero-order valence-corrected chi connectivity index (χ0v) is 20.1. The Hall–Kier alpha value is -1.26. The third-order valence-electron chi connectivity index (χ3n) is 3.40. The molecule has 1 unspecified atom stereocenters. The van der Waals surface area contributed by atoms with Crippen molar-refractivity contribution >= 4 is 39.9 Å². The van der Waals surface area contributed by atoms with E-state index >= 15 is 0 Å². The highest BCUT2D eigenvalue weighted by molar-refractivity contribution is 7.59. The molecule has 0 bridgehead atoms. The average Bonchev–Trinajstić information content (AvgIpc) is 2.65. The van der Waals surface area contributed by atoms with Gasteiger partial charge in [0.15, 0.2) is 0 Å². The number of alkyl carbamates (subject to hydrolysis) is 1. The van der Waals surface area contributed by atoms with E-state index in [2.05, 4.69) is 5.32 Å². The van der Waals surface area contributed by atoms with Crippen LogP contribution in [0.2, 0.25) is 0 Å². The lowest BCUT2D eigenvalue weighted by atomic mass is 10.1. The summed E-state index contributed by atoms with van der Waals surface area (Å²) in [7, 11) is -1.37. The normalized spacial score (nSPS) is 11.8. The zero-order chi connectivity index (χ0) is 21.9. The van der Waals surface area contributed by atoms with E-state index in [1.54, 1.807) is 6.92 Å². The number of rotatable bonds is 11. The highest BCUT2D eigenvalue weighted by Gasteiger charge is 2.20. The Labute approximate surface area is 177 Å². The predicted molar refractivity (Wildman–Crippen MR) is 119 cm³/mol. The van der Waals surface area contributed by atoms with Crippen LogP contribution in [0.5, 0.6) is 0 Å². The molecule has 9 heteroatoms. The molecule has 0 heterocycles. The minimum absolute atomic E-state index is 0.103. The number of carbonyl (C=O) groups is 2. The van der Waals surface area contributed by atoms with Gasteiger partial charge in [0, 0.05) is 23.6 Å². The molecule has 0 aliphatic rings. The molecule has 1 amide bonds. The summed E-state index contributed by atoms with van der Waals surface area (Å²) < 4.78 is 22.2. The van der Waals surface area contributed by atoms with Gasteiger partial charge in [-0.15, -0.1) is 0 Å². The molecule has 0 saturated heterocycles. The van der Waals surface area contributed by atoms with E-state index in [0.29, 0.717) is 32.6 Å². The van der Waals surface area contributed by atoms with Gasteiger partial charge in [0.25, 0.3) is 0 Å². The summed E-state index contributed by atoms with van der Waals surface area (Å²) in [6, 6.07) is 5.91. The number of nitrogens with one attached hydrogen (secondary N) is 1. The molecule has 0 radical (unpaired) electrons. The van der Waals surface area contributed by atoms with Gasteiger partial charge in [-0.2, -0.15) is 0 Å². The van der Waals surface area contributed by atoms with E-state index < -0.39 is 20.1 Å². The van der Waals surface area contributed by atoms with Crippen LogP contribution in [0.1, 0.15) is 53.5 Å². The van der Waals surface area contributed by atoms with Crippen LogP contribution in [0, 0.1) is 0 Å². The maximum atomic E-state index is 11.8. The summed E-state index contributed by atoms with van der Waals surface area (Å²) in [5, 5.41) is 4.56. The zero-order valence-electron chi connectivity index (χ0n) is 18.2. The molecular weight excluding hydrogens is 412 g/mol. The van der Waals surface area contributed by atoms with Crippen molar-refractivity contribution in [3.63, 3.8) is 0 Å². The highest BCUT2D eigenvalue weighted by atomic mass is 31.2. The van der Waals surface area contributed by atoms with Crippen LogP contribution in [0.4, 0.5) is 4.79 Å². The van der Waals surface area contributed by atoms with E-state index in [4.69, 9.17) is 18.3 Å². The lowest BCUT2D eigenvalue weighted by Crippen LogP contribution is -2.33. The fourth-order valence-electron chi connectivity index (χ4n) is 2.19. The molecule has 0 spiro atoms. The van der Waals surface area contributed by atoms with Crippen molar-refractivity contribution in [3.05, 3.63) is 23.8 Å². The Kier molecular flexibility index (Phi) is 11.7. The predicted octanol–water partition coefficient (Wildman–Crippen LogP) is 3.94. The number of hydrogen-bond donors (Lipinski definition) is 1. The fraction of sp³-hybridized carbons (Fsp3) is 0.600. The van der Waals surface area contributed by atoms with Gasteiger partial charge in [-0.25, -0.2) is 4.79 Å². The quantitative estimate of drug-likeness (QED) is 0.520. The minimum Gasteiger partial charge on any atom is -0.444 e. The first-order chi connectivity index (χ1) is 13.7. The number of ether oxygens (including phenoxy) is 1. The first-order valence-electron chi connectivity index (χ1n) is 9.81. The van der Waals surface area contributed by atoms with Crippen LogP contribution >= 0.6 is 17.2 Å². The lowest BCUT2D eigenvalue weighted by Gasteiger charge is -2.21. The smallest absolute Gasteiger partial charge is 0.407 e. The maximum absolute atomic E-state index is 11.8. The van der Waals surface area contributed by atoms with Crippen molar-refractivity contribution in [2.45, 2.75) is 60.0 Å². The Morgan fingerprint density at radius 2 is 1.76 bits per heavy atom. The summed E-state index contributed by atoms with van der Waals surface area (Å²) in [6.45, 7) is 12.6. The Morgan fingerprint density at radius 1 is 1.10 bits per heavy atom. The van der Waals surface area contributed by atoms with Gasteiger partial charge in [-0.05, 0) is 52.7 Å². The Bertz CT molecular complexity index is 657. The molecule has 1 atom stereocenters. The number of carbonyl (C=O) groups excluding carboxylic acids is 2. The van der Waals surface area contributed by atoms with Gasteiger partial charge in [-0.1, -0.05) is 19.1 Å². The van der Waals surface area contributed by atoms with Gasteiger partial charge in [0.1, 0.15) is 14.4 Å². The second kappa shape index (κ2) is 13.1. The summed E-state index contributed by atoms with van der Waals surface area (Å²) in [6.07, 6.45) is 0.530. The van der Waals surface area contributed by atoms with Crippen LogP contribution in [-0.2, 0) is 29.5 Å². The van der Waals surface area contributed by atoms with Gasteiger partial charge >= 0.3 is 12.1 Å². The monoisotopic (exact) mass is 445 g/mol. The molecule has 0 fully saturated rings. The number of amides is 1. The van der Waals surface area contributed by atoms with Crippen LogP contribution in [0.3, 0.4) is 0 Å². The number of benzene rings is 1. The summed E-state index contributed by atoms with van der Waals surface area (Å²) >= 11 is 0. The van der Waals surface area contributed by atoms with Crippen molar-refractivity contribution in [2.24, 2.45) is 0 Å². The van der Waals surface area contributed by atoms with E-state index in [-0.39, 0.29) is 14.8 Å². The van der Waals surface area contributed by atoms with Gasteiger partial charge in [0.2, 0.25) is 8.38 Å². The Morgan fingerprint density at radius 3 is 2.31 bits per heavy atom. The molecule has 1 aromatic rings. The molecule has 1 rings (SSSR count). The van der Waals surface area contributed by atoms with Crippen LogP contribution < -0.4 is 15.9 Å². The summed E-state index contributed by atoms with van der Waals surface area (Å²) in [4.78, 5) is 23.4. The second-order valence-corrected chi connectivity index (χ2v) is 9.51. The molecule has 1 N–H and O–H groups in total. The van der Waals surface area contributed by atoms with Gasteiger partial charge in [-0.3, -0.25) is 4.79 Å². The fourth-order valence-corrected chi connectivity index (χ4v) is 4.66. The van der Waals surface area contributed by atoms with Crippen molar-refractivity contribution in [1.29, 1.82) is 0 Å². The van der Waals surface area contributed by atoms with Gasteiger partial charge in [0.05, 0.1) is 13.2 Å². The minimum atomic E-state index is -1.27. The molecule has 164 valence electrons. The topological polar surface area (TPSA) is 83.1 Å².